The Kier molecular flexibility index (Phi) is 30.4. The summed E-state index contributed by atoms with van der Waals surface area (Å²) in [5.41, 5.74) is -0.313. The number of esters is 4. The van der Waals surface area contributed by atoms with Crippen molar-refractivity contribution in [3.8, 4) is 0 Å². The number of Topliss-reactive ketones (excluding diaryl/α,β-unsaturated/α-hetero) is 5. The van der Waals surface area contributed by atoms with Crippen LogP contribution in [0.1, 0.15) is 93.4 Å². The van der Waals surface area contributed by atoms with Crippen LogP contribution in [0.15, 0.2) is 58.2 Å². The summed E-state index contributed by atoms with van der Waals surface area (Å²) in [5.74, 6) is -11.1. The molecule has 0 spiro atoms. The van der Waals surface area contributed by atoms with Gasteiger partial charge in [-0.1, -0.05) is 0 Å². The zero-order chi connectivity index (χ0) is 52.9. The van der Waals surface area contributed by atoms with Gasteiger partial charge in [0.15, 0.2) is 17.3 Å². The molecule has 0 unspecified atom stereocenters. The van der Waals surface area contributed by atoms with Crippen LogP contribution in [-0.2, 0) is 108 Å². The molecule has 0 saturated carbocycles. The minimum absolute atomic E-state index is 0.0111. The van der Waals surface area contributed by atoms with Gasteiger partial charge in [-0.05, 0) is 60.6 Å². The summed E-state index contributed by atoms with van der Waals surface area (Å²) >= 11 is 3.33. The number of aliphatic carboxylic acids is 3. The second-order valence-corrected chi connectivity index (χ2v) is 13.2. The van der Waals surface area contributed by atoms with Crippen molar-refractivity contribution < 1.29 is 111 Å². The molecule has 0 atom stereocenters. The lowest BCUT2D eigenvalue weighted by Crippen LogP contribution is -2.31. The average Bonchev–Trinajstić information content (AvgIpc) is 3.79. The number of ketones is 7. The topological polar surface area (TPSA) is 406 Å². The quantitative estimate of drug-likeness (QED) is 0.0682. The van der Waals surface area contributed by atoms with Crippen molar-refractivity contribution in [3.05, 3.63) is 58.2 Å². The number of allylic oxidation sites excluding steroid dienone is 3. The molecule has 3 aliphatic heterocycles. The Morgan fingerprint density at radius 2 is 0.910 bits per heavy atom. The molecule has 0 bridgehead atoms. The van der Waals surface area contributed by atoms with E-state index in [0.29, 0.717) is 5.06 Å². The Bertz CT molecular complexity index is 2130. The Hall–Kier alpha value is -8.29. The van der Waals surface area contributed by atoms with Crippen molar-refractivity contribution in [2.24, 2.45) is 0 Å². The van der Waals surface area contributed by atoms with E-state index in [1.165, 1.54) is 48.5 Å². The van der Waals surface area contributed by atoms with Crippen LogP contribution in [0.5, 0.6) is 0 Å². The minimum atomic E-state index is -1.22. The zero-order valence-corrected chi connectivity index (χ0v) is 37.5. The van der Waals surface area contributed by atoms with Gasteiger partial charge in [0.2, 0.25) is 0 Å². The first-order valence-electron chi connectivity index (χ1n) is 18.4. The maximum Gasteiger partial charge on any atom is 0.357 e. The number of nitrogens with zero attached hydrogens (tertiary/aromatic N) is 1. The lowest BCUT2D eigenvalue weighted by molar-refractivity contribution is -0.193. The number of nitrogens with one attached hydrogen (secondary N) is 1. The van der Waals surface area contributed by atoms with Gasteiger partial charge in [-0.2, -0.15) is 0 Å². The Labute approximate surface area is 384 Å². The molecule has 2 amide bonds. The van der Waals surface area contributed by atoms with Gasteiger partial charge in [-0.15, -0.1) is 5.06 Å². The van der Waals surface area contributed by atoms with Crippen molar-refractivity contribution in [1.29, 1.82) is 4.78 Å². The number of carboxylic acid groups (broad SMARTS) is 3. The summed E-state index contributed by atoms with van der Waals surface area (Å²) in [6, 6.07) is 0. The van der Waals surface area contributed by atoms with E-state index >= 15 is 0 Å². The molecule has 0 aromatic heterocycles. The molecule has 0 aromatic carbocycles. The van der Waals surface area contributed by atoms with Crippen LogP contribution in [0.25, 0.3) is 0 Å². The van der Waals surface area contributed by atoms with Crippen molar-refractivity contribution in [3.63, 3.8) is 0 Å². The summed E-state index contributed by atoms with van der Waals surface area (Å²) in [6.07, 6.45) is 3.56. The van der Waals surface area contributed by atoms with E-state index in [4.69, 9.17) is 20.1 Å². The number of carbonyl (C=O) groups is 17. The standard InChI is InChI=1S/C12H13NO6.2C8H10O4.C7H6O4.C6H4O5.HNS/c1-7(14)5-9(8(2)15)6-12(18)19-13-10(16)3-4-11(13)17;2*1-5(9)3-7(8(11)12)4-6(2)10;1-4(8)2-5-3-6(9)11-7(5)10;7-4(8)1-3-2-5(9)11-6(3)10;1-2/h6H,3-5H2,1-2H3;2*3H,4H2,1-2H3,(H,11,12);3H,2H2,1H3;2H,1H2,(H,7,8);1H/b9-6-;2*7-3-;;;. The third-order valence-corrected chi connectivity index (χ3v) is 6.83. The summed E-state index contributed by atoms with van der Waals surface area (Å²) in [6.45, 7) is 8.85. The molecular weight excluding hydrogens is 921 g/mol. The molecule has 362 valence electrons. The number of hydroxylamine groups is 2. The van der Waals surface area contributed by atoms with Crippen LogP contribution in [0.4, 0.5) is 0 Å². The van der Waals surface area contributed by atoms with Crippen LogP contribution >= 0.6 is 0 Å². The molecule has 0 aromatic rings. The van der Waals surface area contributed by atoms with Crippen LogP contribution < -0.4 is 0 Å². The second-order valence-electron chi connectivity index (χ2n) is 13.2. The first kappa shape index (κ1) is 63.0. The van der Waals surface area contributed by atoms with Gasteiger partial charge in [0.25, 0.3) is 11.8 Å². The van der Waals surface area contributed by atoms with Gasteiger partial charge in [0, 0.05) is 85.9 Å². The number of carboxylic acids is 3. The van der Waals surface area contributed by atoms with E-state index in [1.807, 2.05) is 0 Å². The molecule has 26 heteroatoms. The summed E-state index contributed by atoms with van der Waals surface area (Å²) < 4.78 is 13.5. The molecule has 4 N–H and O–H groups in total. The normalized spacial score (nSPS) is 13.8. The van der Waals surface area contributed by atoms with Gasteiger partial charge < -0.3 is 29.6 Å². The van der Waals surface area contributed by atoms with E-state index in [1.54, 1.807) is 0 Å². The fourth-order valence-corrected chi connectivity index (χ4v) is 4.32. The van der Waals surface area contributed by atoms with E-state index in [0.717, 1.165) is 30.4 Å². The predicted octanol–water partition coefficient (Wildman–Crippen LogP) is 0.961. The highest BCUT2D eigenvalue weighted by atomic mass is 32.1. The minimum Gasteiger partial charge on any atom is -0.481 e. The number of hydrogen-bond donors (Lipinski definition) is 4. The van der Waals surface area contributed by atoms with Gasteiger partial charge in [-0.3, -0.25) is 47.9 Å². The molecule has 0 aliphatic carbocycles. The highest BCUT2D eigenvalue weighted by Gasteiger charge is 2.32. The summed E-state index contributed by atoms with van der Waals surface area (Å²) in [7, 11) is 0. The highest BCUT2D eigenvalue weighted by Crippen LogP contribution is 2.14. The number of ether oxygens (including phenoxy) is 2. The zero-order valence-electron chi connectivity index (χ0n) is 36.7. The number of rotatable bonds is 17. The molecule has 1 fully saturated rings. The molecule has 3 rings (SSSR count). The molecule has 67 heavy (non-hydrogen) atoms. The Balaban J connectivity index is -0.000000771. The van der Waals surface area contributed by atoms with E-state index < -0.39 is 71.8 Å². The fraction of sp³-hybridized carbons (Fsp3) is 0.341. The average molecular weight is 965 g/mol. The third-order valence-electron chi connectivity index (χ3n) is 6.83. The first-order valence-corrected chi connectivity index (χ1v) is 18.8. The van der Waals surface area contributed by atoms with Crippen LogP contribution in [0, 0.1) is 4.78 Å². The molecule has 25 nitrogen and oxygen atoms in total. The maximum absolute atomic E-state index is 11.5. The van der Waals surface area contributed by atoms with Crippen LogP contribution in [-0.4, -0.2) is 120 Å². The van der Waals surface area contributed by atoms with Gasteiger partial charge in [0.05, 0.1) is 17.6 Å². The first-order chi connectivity index (χ1) is 30.9. The molecule has 3 heterocycles. The molecule has 1 saturated heterocycles. The van der Waals surface area contributed by atoms with Crippen LogP contribution in [0.2, 0.25) is 0 Å². The number of hydrogen-bond acceptors (Lipinski definition) is 22. The number of amides is 2. The molecular formula is C41H44N2O23S. The maximum atomic E-state index is 11.5. The van der Waals surface area contributed by atoms with Crippen molar-refractivity contribution in [2.45, 2.75) is 93.4 Å². The Morgan fingerprint density at radius 1 is 0.567 bits per heavy atom. The number of imide groups is 1. The van der Waals surface area contributed by atoms with Crippen molar-refractivity contribution >= 4 is 112 Å². The molecule has 3 aliphatic rings. The van der Waals surface area contributed by atoms with Gasteiger partial charge in [0.1, 0.15) is 23.1 Å². The second kappa shape index (κ2) is 32.4. The third kappa shape index (κ3) is 30.4. The monoisotopic (exact) mass is 964 g/mol. The van der Waals surface area contributed by atoms with E-state index in [9.17, 15) is 81.5 Å². The largest absolute Gasteiger partial charge is 0.481 e. The van der Waals surface area contributed by atoms with E-state index in [2.05, 4.69) is 26.7 Å². The van der Waals surface area contributed by atoms with Gasteiger partial charge >= 0.3 is 47.8 Å². The van der Waals surface area contributed by atoms with Crippen LogP contribution in [0.3, 0.4) is 0 Å². The molecule has 0 radical (unpaired) electrons. The lowest BCUT2D eigenvalue weighted by atomic mass is 10.1. The Morgan fingerprint density at radius 3 is 1.16 bits per heavy atom. The number of carbonyl (C=O) groups excluding carboxylic acids is 14. The van der Waals surface area contributed by atoms with Crippen molar-refractivity contribution in [1.82, 2.24) is 5.06 Å². The highest BCUT2D eigenvalue weighted by molar-refractivity contribution is 7.45. The summed E-state index contributed by atoms with van der Waals surface area (Å²) in [4.78, 5) is 186. The lowest BCUT2D eigenvalue weighted by Gasteiger charge is -2.11. The number of cyclic esters (lactones) is 4. The van der Waals surface area contributed by atoms with Crippen molar-refractivity contribution in [2.75, 3.05) is 0 Å². The summed E-state index contributed by atoms with van der Waals surface area (Å²) in [5, 5.41) is 25.6. The SMILES string of the molecule is CC(=O)/C=C(/CC(C)=O)C(=O)O.CC(=O)/C=C(/CC(C)=O)C(=O)O.CC(=O)C/C(=C/C(=O)ON1C(=O)CCC1=O)C(C)=O.CC(=O)CC1=CC(=O)OC1=O.N=S.O=C(O)CC1=CC(=O)OC1=O. The van der Waals surface area contributed by atoms with E-state index in [-0.39, 0.29) is 101 Å². The predicted molar refractivity (Wildman–Crippen MR) is 221 cm³/mol. The fourth-order valence-electron chi connectivity index (χ4n) is 4.32. The van der Waals surface area contributed by atoms with Gasteiger partial charge in [-0.25, -0.2) is 38.3 Å². The smallest absolute Gasteiger partial charge is 0.357 e.